The van der Waals surface area contributed by atoms with Crippen LogP contribution in [-0.4, -0.2) is 127 Å². The molecule has 3 saturated heterocycles. The predicted molar refractivity (Wildman–Crippen MR) is 155 cm³/mol. The van der Waals surface area contributed by atoms with Gasteiger partial charge < -0.3 is 24.9 Å². The largest absolute Gasteiger partial charge is 0.372 e. The molecule has 1 N–H and O–H groups in total. The molecule has 0 aliphatic carbocycles. The summed E-state index contributed by atoms with van der Waals surface area (Å²) in [7, 11) is 2.07. The molecule has 0 aromatic heterocycles. The standard InChI is InChI=1S/C30H46N6O4/c1-6-34(7-2)23-10-8-22(9-11-23)29(39)31-24(18-21(3)4)30(40)35-13-12-25-28(35)26(37)19-36(25)27(38)20-33-16-14-32(5)15-17-33/h8-11,21,24-25,28H,6-7,12-20H2,1-5H3,(H,31,39). The smallest absolute Gasteiger partial charge is 0.251 e. The molecule has 0 radical (unpaired) electrons. The van der Waals surface area contributed by atoms with Crippen molar-refractivity contribution in [1.29, 1.82) is 0 Å². The number of nitrogens with one attached hydrogen (secondary N) is 1. The Bertz CT molecular complexity index is 1060. The lowest BCUT2D eigenvalue weighted by Gasteiger charge is -2.33. The Morgan fingerprint density at radius 2 is 1.62 bits per heavy atom. The number of ketones is 1. The Balaban J connectivity index is 1.42. The number of amides is 3. The van der Waals surface area contributed by atoms with Crippen LogP contribution in [0.3, 0.4) is 0 Å². The van der Waals surface area contributed by atoms with Crippen LogP contribution in [0.1, 0.15) is 50.9 Å². The first kappa shape index (κ1) is 30.0. The maximum atomic E-state index is 13.8. The molecular formula is C30H46N6O4. The number of carbonyl (C=O) groups excluding carboxylic acids is 4. The Hall–Kier alpha value is -2.98. The lowest BCUT2D eigenvalue weighted by Crippen LogP contribution is -2.53. The number of fused-ring (bicyclic) bond motifs is 1. The summed E-state index contributed by atoms with van der Waals surface area (Å²) in [6.07, 6.45) is 1.04. The number of likely N-dealkylation sites (N-methyl/N-ethyl adjacent to an activating group) is 1. The highest BCUT2D eigenvalue weighted by Gasteiger charge is 2.52. The topological polar surface area (TPSA) is 96.5 Å². The highest BCUT2D eigenvalue weighted by atomic mass is 16.2. The zero-order chi connectivity index (χ0) is 29.0. The number of hydrogen-bond acceptors (Lipinski definition) is 7. The number of likely N-dealkylation sites (tertiary alicyclic amines) is 2. The second kappa shape index (κ2) is 13.1. The third-order valence-corrected chi connectivity index (χ3v) is 8.55. The van der Waals surface area contributed by atoms with E-state index in [1.165, 1.54) is 0 Å². The average Bonchev–Trinajstić information content (AvgIpc) is 3.51. The van der Waals surface area contributed by atoms with E-state index in [1.807, 2.05) is 26.0 Å². The molecule has 10 nitrogen and oxygen atoms in total. The number of rotatable bonds is 10. The number of benzene rings is 1. The van der Waals surface area contributed by atoms with E-state index in [0.717, 1.165) is 45.0 Å². The summed E-state index contributed by atoms with van der Waals surface area (Å²) in [5.41, 5.74) is 1.54. The van der Waals surface area contributed by atoms with Gasteiger partial charge in [0.05, 0.1) is 19.1 Å². The van der Waals surface area contributed by atoms with Gasteiger partial charge in [-0.25, -0.2) is 0 Å². The zero-order valence-corrected chi connectivity index (χ0v) is 24.8. The Morgan fingerprint density at radius 1 is 0.975 bits per heavy atom. The van der Waals surface area contributed by atoms with Gasteiger partial charge in [-0.2, -0.15) is 0 Å². The summed E-state index contributed by atoms with van der Waals surface area (Å²) < 4.78 is 0. The predicted octanol–water partition coefficient (Wildman–Crippen LogP) is 1.31. The summed E-state index contributed by atoms with van der Waals surface area (Å²) in [6.45, 7) is 14.2. The highest BCUT2D eigenvalue weighted by molar-refractivity contribution is 6.01. The van der Waals surface area contributed by atoms with Gasteiger partial charge in [-0.3, -0.25) is 24.1 Å². The van der Waals surface area contributed by atoms with Crippen molar-refractivity contribution >= 4 is 29.2 Å². The molecule has 3 aliphatic heterocycles. The average molecular weight is 555 g/mol. The number of Topliss-reactive ketones (excluding diaryl/α,β-unsaturated/α-hetero) is 1. The number of nitrogens with zero attached hydrogens (tertiary/aromatic N) is 5. The van der Waals surface area contributed by atoms with E-state index < -0.39 is 12.1 Å². The van der Waals surface area contributed by atoms with E-state index in [1.54, 1.807) is 21.9 Å². The molecule has 3 heterocycles. The van der Waals surface area contributed by atoms with Gasteiger partial charge in [0.15, 0.2) is 5.78 Å². The number of anilines is 1. The summed E-state index contributed by atoms with van der Waals surface area (Å²) in [5, 5.41) is 2.96. The minimum absolute atomic E-state index is 0.0418. The van der Waals surface area contributed by atoms with Crippen LogP contribution in [0.4, 0.5) is 5.69 Å². The van der Waals surface area contributed by atoms with Crippen LogP contribution in [0.25, 0.3) is 0 Å². The van der Waals surface area contributed by atoms with Crippen molar-refractivity contribution in [3.05, 3.63) is 29.8 Å². The van der Waals surface area contributed by atoms with Gasteiger partial charge >= 0.3 is 0 Å². The number of hydrogen-bond donors (Lipinski definition) is 1. The van der Waals surface area contributed by atoms with Crippen molar-refractivity contribution in [3.8, 4) is 0 Å². The first-order valence-corrected chi connectivity index (χ1v) is 14.8. The first-order chi connectivity index (χ1) is 19.1. The van der Waals surface area contributed by atoms with E-state index in [2.05, 4.69) is 40.9 Å². The maximum Gasteiger partial charge on any atom is 0.251 e. The molecule has 220 valence electrons. The monoisotopic (exact) mass is 554 g/mol. The highest BCUT2D eigenvalue weighted by Crippen LogP contribution is 2.31. The third-order valence-electron chi connectivity index (χ3n) is 8.55. The normalized spacial score (nSPS) is 22.5. The van der Waals surface area contributed by atoms with E-state index in [9.17, 15) is 19.2 Å². The van der Waals surface area contributed by atoms with Gasteiger partial charge in [-0.15, -0.1) is 0 Å². The van der Waals surface area contributed by atoms with Crippen molar-refractivity contribution in [3.63, 3.8) is 0 Å². The van der Waals surface area contributed by atoms with Crippen molar-refractivity contribution in [2.45, 2.75) is 58.7 Å². The fourth-order valence-corrected chi connectivity index (χ4v) is 6.22. The van der Waals surface area contributed by atoms with Crippen LogP contribution in [0.15, 0.2) is 24.3 Å². The fraction of sp³-hybridized carbons (Fsp3) is 0.667. The molecule has 3 unspecified atom stereocenters. The molecule has 4 rings (SSSR count). The summed E-state index contributed by atoms with van der Waals surface area (Å²) in [6, 6.07) is 5.76. The Labute approximate surface area is 238 Å². The van der Waals surface area contributed by atoms with Crippen molar-refractivity contribution < 1.29 is 19.2 Å². The second-order valence-corrected chi connectivity index (χ2v) is 11.8. The molecule has 3 fully saturated rings. The molecule has 40 heavy (non-hydrogen) atoms. The molecule has 3 amide bonds. The molecule has 3 aliphatic rings. The van der Waals surface area contributed by atoms with E-state index >= 15 is 0 Å². The van der Waals surface area contributed by atoms with Gasteiger partial charge in [0.1, 0.15) is 12.1 Å². The first-order valence-electron chi connectivity index (χ1n) is 14.8. The van der Waals surface area contributed by atoms with Crippen molar-refractivity contribution in [2.24, 2.45) is 5.92 Å². The SMILES string of the molecule is CCN(CC)c1ccc(C(=O)NC(CC(C)C)C(=O)N2CCC3C2C(=O)CN3C(=O)CN2CCN(C)CC2)cc1. The fourth-order valence-electron chi connectivity index (χ4n) is 6.22. The molecular weight excluding hydrogens is 508 g/mol. The van der Waals surface area contributed by atoms with Gasteiger partial charge in [0.2, 0.25) is 11.8 Å². The van der Waals surface area contributed by atoms with Crippen LogP contribution >= 0.6 is 0 Å². The molecule has 1 aromatic carbocycles. The van der Waals surface area contributed by atoms with Gasteiger partial charge in [0, 0.05) is 57.1 Å². The van der Waals surface area contributed by atoms with Crippen molar-refractivity contribution in [2.75, 3.05) is 70.9 Å². The molecule has 0 bridgehead atoms. The van der Waals surface area contributed by atoms with Gasteiger partial charge in [0.25, 0.3) is 5.91 Å². The quantitative estimate of drug-likeness (QED) is 0.466. The number of carbonyl (C=O) groups is 4. The summed E-state index contributed by atoms with van der Waals surface area (Å²) in [4.78, 5) is 63.2. The Kier molecular flexibility index (Phi) is 9.84. The minimum Gasteiger partial charge on any atom is -0.372 e. The second-order valence-electron chi connectivity index (χ2n) is 11.8. The summed E-state index contributed by atoms with van der Waals surface area (Å²) in [5.74, 6) is -0.513. The van der Waals surface area contributed by atoms with Gasteiger partial charge in [-0.1, -0.05) is 13.8 Å². The third kappa shape index (κ3) is 6.66. The lowest BCUT2D eigenvalue weighted by atomic mass is 10.0. The van der Waals surface area contributed by atoms with Crippen LogP contribution in [0.5, 0.6) is 0 Å². The molecule has 1 aromatic rings. The van der Waals surface area contributed by atoms with E-state index in [4.69, 9.17) is 0 Å². The van der Waals surface area contributed by atoms with Crippen LogP contribution in [-0.2, 0) is 14.4 Å². The minimum atomic E-state index is -0.739. The molecule has 3 atom stereocenters. The maximum absolute atomic E-state index is 13.8. The molecule has 10 heteroatoms. The van der Waals surface area contributed by atoms with Crippen LogP contribution in [0, 0.1) is 5.92 Å². The lowest BCUT2D eigenvalue weighted by molar-refractivity contribution is -0.138. The van der Waals surface area contributed by atoms with Crippen LogP contribution < -0.4 is 10.2 Å². The zero-order valence-electron chi connectivity index (χ0n) is 24.8. The molecule has 0 spiro atoms. The Morgan fingerprint density at radius 3 is 2.23 bits per heavy atom. The van der Waals surface area contributed by atoms with Gasteiger partial charge in [-0.05, 0) is 63.9 Å². The van der Waals surface area contributed by atoms with E-state index in [0.29, 0.717) is 31.5 Å². The number of piperazine rings is 1. The van der Waals surface area contributed by atoms with E-state index in [-0.39, 0.29) is 42.0 Å². The van der Waals surface area contributed by atoms with Crippen molar-refractivity contribution in [1.82, 2.24) is 24.9 Å². The van der Waals surface area contributed by atoms with Crippen LogP contribution in [0.2, 0.25) is 0 Å². The summed E-state index contributed by atoms with van der Waals surface area (Å²) >= 11 is 0. The molecule has 0 saturated carbocycles.